The number of hydrogen-bond acceptors (Lipinski definition) is 7. The number of benzene rings is 5. The average molecular weight is 625 g/mol. The van der Waals surface area contributed by atoms with Crippen molar-refractivity contribution in [3.63, 3.8) is 0 Å². The number of ether oxygens (including phenoxy) is 2. The van der Waals surface area contributed by atoms with Crippen LogP contribution in [0.25, 0.3) is 33.1 Å². The van der Waals surface area contributed by atoms with Crippen LogP contribution in [0, 0.1) is 10.1 Å². The van der Waals surface area contributed by atoms with E-state index in [2.05, 4.69) is 10.1 Å². The number of nitro benzene ring substituents is 1. The van der Waals surface area contributed by atoms with Crippen LogP contribution in [-0.4, -0.2) is 27.9 Å². The summed E-state index contributed by atoms with van der Waals surface area (Å²) in [6.07, 6.45) is -3.47. The quantitative estimate of drug-likeness (QED) is 0.0980. The van der Waals surface area contributed by atoms with Gasteiger partial charge in [-0.15, -0.1) is 0 Å². The summed E-state index contributed by atoms with van der Waals surface area (Å²) < 4.78 is 52.8. The van der Waals surface area contributed by atoms with Crippen LogP contribution >= 0.6 is 0 Å². The highest BCUT2D eigenvalue weighted by atomic mass is 19.4. The lowest BCUT2D eigenvalue weighted by Gasteiger charge is -2.13. The molecule has 0 spiro atoms. The third kappa shape index (κ3) is 5.87. The highest BCUT2D eigenvalue weighted by molar-refractivity contribution is 5.86. The van der Waals surface area contributed by atoms with E-state index in [9.17, 15) is 28.1 Å². The summed E-state index contributed by atoms with van der Waals surface area (Å²) in [5, 5.41) is 18.5. The van der Waals surface area contributed by atoms with E-state index >= 15 is 0 Å². The number of alkyl halides is 3. The Morgan fingerprint density at radius 3 is 2.41 bits per heavy atom. The van der Waals surface area contributed by atoms with Gasteiger partial charge in [0, 0.05) is 17.2 Å². The molecule has 0 atom stereocenters. The first-order valence-corrected chi connectivity index (χ1v) is 13.8. The van der Waals surface area contributed by atoms with Gasteiger partial charge in [-0.3, -0.25) is 14.9 Å². The minimum Gasteiger partial charge on any atom is -0.493 e. The van der Waals surface area contributed by atoms with Gasteiger partial charge in [-0.05, 0) is 46.7 Å². The molecule has 230 valence electrons. The zero-order chi connectivity index (χ0) is 32.4. The molecule has 0 aliphatic rings. The van der Waals surface area contributed by atoms with Crippen molar-refractivity contribution in [3.05, 3.63) is 140 Å². The maximum absolute atomic E-state index is 13.5. The standard InChI is InChI=1S/C34H23F3N4O5/c1-45-30-17-21(16-29(41(43)44)31(30)46-20-24-11-6-9-22-8-2-3-13-26(22)24)19-38-40-32(23-10-7-12-25(18-23)34(35,36)37)39-28-15-5-4-14-27(28)33(40)42/h2-19H,20H2,1H3. The third-order valence-electron chi connectivity index (χ3n) is 7.25. The van der Waals surface area contributed by atoms with Gasteiger partial charge in [0.15, 0.2) is 11.6 Å². The van der Waals surface area contributed by atoms with Gasteiger partial charge >= 0.3 is 11.9 Å². The molecule has 6 rings (SSSR count). The number of para-hydroxylation sites is 1. The molecule has 0 aliphatic heterocycles. The Morgan fingerprint density at radius 1 is 0.935 bits per heavy atom. The number of methoxy groups -OCH3 is 1. The van der Waals surface area contributed by atoms with Gasteiger partial charge in [-0.25, -0.2) is 4.98 Å². The van der Waals surface area contributed by atoms with Crippen molar-refractivity contribution in [3.8, 4) is 22.9 Å². The summed E-state index contributed by atoms with van der Waals surface area (Å²) in [6.45, 7) is 0.0183. The number of nitrogens with zero attached hydrogens (tertiary/aromatic N) is 4. The van der Waals surface area contributed by atoms with E-state index in [-0.39, 0.29) is 46.0 Å². The number of aromatic nitrogens is 2. The van der Waals surface area contributed by atoms with Crippen molar-refractivity contribution >= 4 is 33.6 Å². The fourth-order valence-electron chi connectivity index (χ4n) is 5.06. The SMILES string of the molecule is COc1cc(C=Nn2c(-c3cccc(C(F)(F)F)c3)nc3ccccc3c2=O)cc([N+](=O)[O-])c1OCc1cccc2ccccc12. The molecule has 0 saturated heterocycles. The second-order valence-corrected chi connectivity index (χ2v) is 10.1. The fraction of sp³-hybridized carbons (Fsp3) is 0.0882. The van der Waals surface area contributed by atoms with Crippen LogP contribution in [0.5, 0.6) is 11.5 Å². The molecule has 1 heterocycles. The van der Waals surface area contributed by atoms with E-state index in [1.54, 1.807) is 18.2 Å². The Balaban J connectivity index is 1.42. The molecule has 0 aliphatic carbocycles. The van der Waals surface area contributed by atoms with Crippen LogP contribution in [0.3, 0.4) is 0 Å². The number of halogens is 3. The molecule has 0 N–H and O–H groups in total. The largest absolute Gasteiger partial charge is 0.493 e. The van der Waals surface area contributed by atoms with Crippen molar-refractivity contribution < 1.29 is 27.6 Å². The first-order valence-electron chi connectivity index (χ1n) is 13.8. The zero-order valence-corrected chi connectivity index (χ0v) is 24.1. The van der Waals surface area contributed by atoms with Crippen molar-refractivity contribution in [2.24, 2.45) is 5.10 Å². The Kier molecular flexibility index (Phi) is 7.93. The fourth-order valence-corrected chi connectivity index (χ4v) is 5.06. The summed E-state index contributed by atoms with van der Waals surface area (Å²) in [5.74, 6) is -0.215. The van der Waals surface area contributed by atoms with Crippen molar-refractivity contribution in [1.29, 1.82) is 0 Å². The molecule has 0 amide bonds. The maximum Gasteiger partial charge on any atom is 0.416 e. The minimum absolute atomic E-state index is 0.00410. The van der Waals surface area contributed by atoms with Crippen molar-refractivity contribution in [2.45, 2.75) is 12.8 Å². The lowest BCUT2D eigenvalue weighted by molar-refractivity contribution is -0.386. The number of nitro groups is 1. The van der Waals surface area contributed by atoms with Crippen LogP contribution < -0.4 is 15.0 Å². The number of rotatable bonds is 8. The van der Waals surface area contributed by atoms with Gasteiger partial charge in [0.2, 0.25) is 5.75 Å². The van der Waals surface area contributed by atoms with Gasteiger partial charge in [0.05, 0.1) is 34.7 Å². The molecule has 0 bridgehead atoms. The molecule has 0 fully saturated rings. The average Bonchev–Trinajstić information content (AvgIpc) is 3.06. The van der Waals surface area contributed by atoms with E-state index in [4.69, 9.17) is 9.47 Å². The maximum atomic E-state index is 13.5. The summed E-state index contributed by atoms with van der Waals surface area (Å²) in [7, 11) is 1.33. The summed E-state index contributed by atoms with van der Waals surface area (Å²) in [4.78, 5) is 29.5. The first-order chi connectivity index (χ1) is 22.1. The molecular formula is C34H23F3N4O5. The Bertz CT molecular complexity index is 2210. The topological polar surface area (TPSA) is 109 Å². The summed E-state index contributed by atoms with van der Waals surface area (Å²) >= 11 is 0. The Labute approximate surface area is 258 Å². The van der Waals surface area contributed by atoms with E-state index in [1.165, 1.54) is 43.7 Å². The van der Waals surface area contributed by atoms with E-state index in [0.29, 0.717) is 0 Å². The second kappa shape index (κ2) is 12.2. The van der Waals surface area contributed by atoms with Gasteiger partial charge in [-0.1, -0.05) is 66.7 Å². The van der Waals surface area contributed by atoms with E-state index in [1.807, 2.05) is 42.5 Å². The van der Waals surface area contributed by atoms with Crippen LogP contribution in [0.4, 0.5) is 18.9 Å². The molecule has 46 heavy (non-hydrogen) atoms. The predicted molar refractivity (Wildman–Crippen MR) is 167 cm³/mol. The lowest BCUT2D eigenvalue weighted by atomic mass is 10.1. The second-order valence-electron chi connectivity index (χ2n) is 10.1. The van der Waals surface area contributed by atoms with E-state index < -0.39 is 27.9 Å². The lowest BCUT2D eigenvalue weighted by Crippen LogP contribution is -2.20. The van der Waals surface area contributed by atoms with Crippen molar-refractivity contribution in [2.75, 3.05) is 7.11 Å². The molecule has 0 radical (unpaired) electrons. The molecule has 0 unspecified atom stereocenters. The smallest absolute Gasteiger partial charge is 0.416 e. The van der Waals surface area contributed by atoms with Crippen LogP contribution in [0.2, 0.25) is 0 Å². The number of hydrogen-bond donors (Lipinski definition) is 0. The normalized spacial score (nSPS) is 11.7. The van der Waals surface area contributed by atoms with Crippen LogP contribution in [-0.2, 0) is 12.8 Å². The molecule has 5 aromatic carbocycles. The molecule has 1 aromatic heterocycles. The Hall–Kier alpha value is -6.04. The van der Waals surface area contributed by atoms with Gasteiger partial charge in [-0.2, -0.15) is 22.9 Å². The van der Waals surface area contributed by atoms with Crippen LogP contribution in [0.1, 0.15) is 16.7 Å². The zero-order valence-electron chi connectivity index (χ0n) is 24.1. The summed E-state index contributed by atoms with van der Waals surface area (Å²) in [6, 6.07) is 26.7. The van der Waals surface area contributed by atoms with Gasteiger partial charge in [0.1, 0.15) is 6.61 Å². The summed E-state index contributed by atoms with van der Waals surface area (Å²) in [5.41, 5.74) is -0.760. The molecule has 0 saturated carbocycles. The minimum atomic E-state index is -4.63. The highest BCUT2D eigenvalue weighted by Crippen LogP contribution is 2.39. The van der Waals surface area contributed by atoms with Crippen LogP contribution in [0.15, 0.2) is 113 Å². The monoisotopic (exact) mass is 624 g/mol. The Morgan fingerprint density at radius 2 is 1.65 bits per heavy atom. The molecule has 9 nitrogen and oxygen atoms in total. The van der Waals surface area contributed by atoms with Gasteiger partial charge in [0.25, 0.3) is 5.56 Å². The third-order valence-corrected chi connectivity index (χ3v) is 7.25. The predicted octanol–water partition coefficient (Wildman–Crippen LogP) is 7.61. The van der Waals surface area contributed by atoms with Gasteiger partial charge < -0.3 is 9.47 Å². The van der Waals surface area contributed by atoms with E-state index in [0.717, 1.165) is 33.1 Å². The first kappa shape index (κ1) is 30.0. The number of fused-ring (bicyclic) bond motifs is 2. The molecule has 6 aromatic rings. The highest BCUT2D eigenvalue weighted by Gasteiger charge is 2.31. The molecule has 12 heteroatoms. The molecular weight excluding hydrogens is 601 g/mol. The van der Waals surface area contributed by atoms with Crippen molar-refractivity contribution in [1.82, 2.24) is 9.66 Å².